The number of nitrogens with one attached hydrogen (secondary N) is 1. The molecular weight excluding hydrogens is 270 g/mol. The number of methoxy groups -OCH3 is 1. The molecule has 2 amide bonds. The highest BCUT2D eigenvalue weighted by Crippen LogP contribution is 2.24. The lowest BCUT2D eigenvalue weighted by Gasteiger charge is -2.12. The smallest absolute Gasteiger partial charge is 0.255 e. The second kappa shape index (κ2) is 5.96. The Hall–Kier alpha value is -3.02. The lowest BCUT2D eigenvalue weighted by molar-refractivity contribution is 0.100. The molecule has 21 heavy (non-hydrogen) atoms. The van der Waals surface area contributed by atoms with E-state index in [1.807, 2.05) is 0 Å². The number of benzene rings is 2. The number of rotatable bonds is 4. The molecule has 5 N–H and O–H groups in total. The van der Waals surface area contributed by atoms with E-state index < -0.39 is 11.8 Å². The Morgan fingerprint density at radius 2 is 1.76 bits per heavy atom. The van der Waals surface area contributed by atoms with Crippen LogP contribution in [-0.2, 0) is 0 Å². The molecule has 0 aliphatic carbocycles. The Labute approximate surface area is 121 Å². The molecular formula is C15H15N3O3. The number of carbonyl (C=O) groups is 2. The fourth-order valence-corrected chi connectivity index (χ4v) is 1.84. The average Bonchev–Trinajstić information content (AvgIpc) is 2.49. The predicted molar refractivity (Wildman–Crippen MR) is 80.3 cm³/mol. The zero-order valence-corrected chi connectivity index (χ0v) is 11.4. The van der Waals surface area contributed by atoms with Crippen molar-refractivity contribution in [3.8, 4) is 5.75 Å². The molecule has 0 spiro atoms. The summed E-state index contributed by atoms with van der Waals surface area (Å²) in [5.74, 6) is -0.408. The van der Waals surface area contributed by atoms with Gasteiger partial charge in [-0.2, -0.15) is 0 Å². The van der Waals surface area contributed by atoms with Crippen LogP contribution >= 0.6 is 0 Å². The Balaban J connectivity index is 2.29. The highest BCUT2D eigenvalue weighted by atomic mass is 16.5. The van der Waals surface area contributed by atoms with Crippen LogP contribution in [0.4, 0.5) is 11.4 Å². The highest BCUT2D eigenvalue weighted by molar-refractivity contribution is 6.11. The molecule has 0 saturated carbocycles. The van der Waals surface area contributed by atoms with Crippen LogP contribution in [0.15, 0.2) is 42.5 Å². The van der Waals surface area contributed by atoms with E-state index in [1.165, 1.54) is 6.07 Å². The summed E-state index contributed by atoms with van der Waals surface area (Å²) < 4.78 is 5.02. The molecule has 0 aromatic heterocycles. The SMILES string of the molecule is COc1ccc(C(=O)Nc2c(N)cccc2C(N)=O)cc1. The summed E-state index contributed by atoms with van der Waals surface area (Å²) in [7, 11) is 1.54. The third kappa shape index (κ3) is 3.11. The van der Waals surface area contributed by atoms with E-state index in [0.717, 1.165) is 0 Å². The zero-order valence-electron chi connectivity index (χ0n) is 11.4. The minimum Gasteiger partial charge on any atom is -0.497 e. The maximum Gasteiger partial charge on any atom is 0.255 e. The van der Waals surface area contributed by atoms with Crippen molar-refractivity contribution in [3.63, 3.8) is 0 Å². The number of hydrogen-bond acceptors (Lipinski definition) is 4. The number of amides is 2. The zero-order chi connectivity index (χ0) is 15.4. The van der Waals surface area contributed by atoms with Gasteiger partial charge in [-0.05, 0) is 36.4 Å². The van der Waals surface area contributed by atoms with Gasteiger partial charge in [-0.3, -0.25) is 9.59 Å². The molecule has 0 unspecified atom stereocenters. The van der Waals surface area contributed by atoms with Crippen LogP contribution in [-0.4, -0.2) is 18.9 Å². The summed E-state index contributed by atoms with van der Waals surface area (Å²) in [6.45, 7) is 0. The lowest BCUT2D eigenvalue weighted by atomic mass is 10.1. The predicted octanol–water partition coefficient (Wildman–Crippen LogP) is 1.63. The maximum atomic E-state index is 12.2. The summed E-state index contributed by atoms with van der Waals surface area (Å²) >= 11 is 0. The van der Waals surface area contributed by atoms with Crippen molar-refractivity contribution < 1.29 is 14.3 Å². The van der Waals surface area contributed by atoms with Crippen LogP contribution in [0, 0.1) is 0 Å². The van der Waals surface area contributed by atoms with Crippen LogP contribution in [0.5, 0.6) is 5.75 Å². The van der Waals surface area contributed by atoms with Crippen molar-refractivity contribution in [2.75, 3.05) is 18.2 Å². The van der Waals surface area contributed by atoms with Crippen LogP contribution in [0.1, 0.15) is 20.7 Å². The van der Waals surface area contributed by atoms with E-state index in [2.05, 4.69) is 5.32 Å². The van der Waals surface area contributed by atoms with Gasteiger partial charge in [-0.25, -0.2) is 0 Å². The Kier molecular flexibility index (Phi) is 4.08. The molecule has 0 heterocycles. The molecule has 0 aliphatic heterocycles. The van der Waals surface area contributed by atoms with Gasteiger partial charge >= 0.3 is 0 Å². The molecule has 0 bridgehead atoms. The first kappa shape index (κ1) is 14.4. The van der Waals surface area contributed by atoms with Gasteiger partial charge in [0.25, 0.3) is 11.8 Å². The highest BCUT2D eigenvalue weighted by Gasteiger charge is 2.14. The Morgan fingerprint density at radius 1 is 1.10 bits per heavy atom. The molecule has 0 aliphatic rings. The van der Waals surface area contributed by atoms with Crippen molar-refractivity contribution in [3.05, 3.63) is 53.6 Å². The molecule has 0 atom stereocenters. The molecule has 0 radical (unpaired) electrons. The maximum absolute atomic E-state index is 12.2. The first-order valence-corrected chi connectivity index (χ1v) is 6.16. The second-order valence-electron chi connectivity index (χ2n) is 4.32. The summed E-state index contributed by atoms with van der Waals surface area (Å²) in [5, 5.41) is 2.61. The molecule has 6 heteroatoms. The van der Waals surface area contributed by atoms with Gasteiger partial charge in [0.1, 0.15) is 5.75 Å². The summed E-state index contributed by atoms with van der Waals surface area (Å²) in [6.07, 6.45) is 0. The first-order chi connectivity index (χ1) is 10.0. The summed E-state index contributed by atoms with van der Waals surface area (Å²) in [5.41, 5.74) is 12.1. The molecule has 0 saturated heterocycles. The third-order valence-corrected chi connectivity index (χ3v) is 2.95. The standard InChI is InChI=1S/C15H15N3O3/c1-21-10-7-5-9(6-8-10)15(20)18-13-11(14(17)19)3-2-4-12(13)16/h2-8H,16H2,1H3,(H2,17,19)(H,18,20). The number of primary amides is 1. The molecule has 108 valence electrons. The van der Waals surface area contributed by atoms with E-state index >= 15 is 0 Å². The first-order valence-electron chi connectivity index (χ1n) is 6.16. The van der Waals surface area contributed by atoms with Crippen LogP contribution < -0.4 is 21.5 Å². The quantitative estimate of drug-likeness (QED) is 0.742. The minimum absolute atomic E-state index is 0.164. The molecule has 6 nitrogen and oxygen atoms in total. The van der Waals surface area contributed by atoms with Crippen LogP contribution in [0.25, 0.3) is 0 Å². The summed E-state index contributed by atoms with van der Waals surface area (Å²) in [4.78, 5) is 23.6. The van der Waals surface area contributed by atoms with Crippen LogP contribution in [0.2, 0.25) is 0 Å². The van der Waals surface area contributed by atoms with Gasteiger partial charge < -0.3 is 21.5 Å². The van der Waals surface area contributed by atoms with Crippen molar-refractivity contribution in [2.45, 2.75) is 0 Å². The topological polar surface area (TPSA) is 107 Å². The lowest BCUT2D eigenvalue weighted by Crippen LogP contribution is -2.19. The fraction of sp³-hybridized carbons (Fsp3) is 0.0667. The van der Waals surface area contributed by atoms with Crippen molar-refractivity contribution in [1.29, 1.82) is 0 Å². The van der Waals surface area contributed by atoms with Gasteiger partial charge in [-0.15, -0.1) is 0 Å². The molecule has 2 aromatic carbocycles. The minimum atomic E-state index is -0.660. The monoisotopic (exact) mass is 285 g/mol. The van der Waals surface area contributed by atoms with Gasteiger partial charge in [0.15, 0.2) is 0 Å². The van der Waals surface area contributed by atoms with E-state index in [9.17, 15) is 9.59 Å². The summed E-state index contributed by atoms with van der Waals surface area (Å²) in [6, 6.07) is 11.2. The average molecular weight is 285 g/mol. The number of nitrogens with two attached hydrogens (primary N) is 2. The van der Waals surface area contributed by atoms with E-state index in [1.54, 1.807) is 43.5 Å². The normalized spacial score (nSPS) is 9.95. The number of anilines is 2. The number of nitrogen functional groups attached to an aromatic ring is 1. The third-order valence-electron chi connectivity index (χ3n) is 2.95. The van der Waals surface area contributed by atoms with Gasteiger partial charge in [0, 0.05) is 5.56 Å². The van der Waals surface area contributed by atoms with Gasteiger partial charge in [0.05, 0.1) is 24.0 Å². The molecule has 2 aromatic rings. The number of carbonyl (C=O) groups excluding carboxylic acids is 2. The van der Waals surface area contributed by atoms with Crippen molar-refractivity contribution >= 4 is 23.2 Å². The van der Waals surface area contributed by atoms with E-state index in [4.69, 9.17) is 16.2 Å². The number of ether oxygens (including phenoxy) is 1. The largest absolute Gasteiger partial charge is 0.497 e. The van der Waals surface area contributed by atoms with Crippen molar-refractivity contribution in [1.82, 2.24) is 0 Å². The number of hydrogen-bond donors (Lipinski definition) is 3. The molecule has 2 rings (SSSR count). The Morgan fingerprint density at radius 3 is 2.33 bits per heavy atom. The molecule has 0 fully saturated rings. The van der Waals surface area contributed by atoms with Gasteiger partial charge in [0.2, 0.25) is 0 Å². The fourth-order valence-electron chi connectivity index (χ4n) is 1.84. The van der Waals surface area contributed by atoms with Gasteiger partial charge in [-0.1, -0.05) is 6.07 Å². The number of para-hydroxylation sites is 1. The van der Waals surface area contributed by atoms with E-state index in [0.29, 0.717) is 11.3 Å². The van der Waals surface area contributed by atoms with Crippen molar-refractivity contribution in [2.24, 2.45) is 5.73 Å². The second-order valence-corrected chi connectivity index (χ2v) is 4.32. The van der Waals surface area contributed by atoms with E-state index in [-0.39, 0.29) is 16.9 Å². The Bertz CT molecular complexity index is 681. The van der Waals surface area contributed by atoms with Crippen LogP contribution in [0.3, 0.4) is 0 Å².